The van der Waals surface area contributed by atoms with Crippen molar-refractivity contribution >= 4 is 11.6 Å². The Bertz CT molecular complexity index is 665. The van der Waals surface area contributed by atoms with Gasteiger partial charge in [-0.05, 0) is 67.8 Å². The first-order valence-corrected chi connectivity index (χ1v) is 7.72. The van der Waals surface area contributed by atoms with Crippen LogP contribution >= 0.6 is 0 Å². The Morgan fingerprint density at radius 2 is 1.70 bits per heavy atom. The lowest BCUT2D eigenvalue weighted by Crippen LogP contribution is -2.32. The first-order valence-electron chi connectivity index (χ1n) is 7.72. The molecular weight excluding hydrogens is 290 g/mol. The number of aryl methyl sites for hydroxylation is 2. The number of amides is 1. The maximum Gasteiger partial charge on any atom is 0.265 e. The molecule has 23 heavy (non-hydrogen) atoms. The summed E-state index contributed by atoms with van der Waals surface area (Å²) in [5.41, 5.74) is 3.13. The molecule has 2 aromatic carbocycles. The Morgan fingerprint density at radius 3 is 2.26 bits per heavy atom. The van der Waals surface area contributed by atoms with Crippen LogP contribution in [0.1, 0.15) is 24.5 Å². The number of nitrogens with one attached hydrogen (secondary N) is 1. The zero-order valence-electron chi connectivity index (χ0n) is 14.1. The number of hydrogen-bond donors (Lipinski definition) is 1. The third kappa shape index (κ3) is 4.49. The van der Waals surface area contributed by atoms with Crippen molar-refractivity contribution in [3.05, 3.63) is 53.6 Å². The smallest absolute Gasteiger partial charge is 0.265 e. The molecule has 0 bridgehead atoms. The molecule has 0 aromatic heterocycles. The van der Waals surface area contributed by atoms with Crippen LogP contribution < -0.4 is 14.8 Å². The van der Waals surface area contributed by atoms with Crippen LogP contribution in [0.15, 0.2) is 42.5 Å². The number of benzene rings is 2. The van der Waals surface area contributed by atoms with Gasteiger partial charge in [0, 0.05) is 5.69 Å². The quantitative estimate of drug-likeness (QED) is 0.873. The van der Waals surface area contributed by atoms with Gasteiger partial charge in [-0.15, -0.1) is 0 Å². The number of carbonyl (C=O) groups is 1. The van der Waals surface area contributed by atoms with Crippen LogP contribution in [0.2, 0.25) is 0 Å². The standard InChI is InChI=1S/C19H23NO3/c1-5-18(23-17-10-8-16(22-4)9-11-17)19(21)20-15-7-6-13(2)14(3)12-15/h6-12,18H,5H2,1-4H3,(H,20,21)/t18-/m0/s1. The highest BCUT2D eigenvalue weighted by atomic mass is 16.5. The predicted molar refractivity (Wildman–Crippen MR) is 92.2 cm³/mol. The number of anilines is 1. The molecule has 0 fully saturated rings. The van der Waals surface area contributed by atoms with Gasteiger partial charge in [-0.2, -0.15) is 0 Å². The van der Waals surface area contributed by atoms with Crippen molar-refractivity contribution < 1.29 is 14.3 Å². The molecular formula is C19H23NO3. The summed E-state index contributed by atoms with van der Waals surface area (Å²) < 4.78 is 10.9. The molecule has 0 aliphatic heterocycles. The fourth-order valence-corrected chi connectivity index (χ4v) is 2.18. The summed E-state index contributed by atoms with van der Waals surface area (Å²) in [7, 11) is 1.61. The van der Waals surface area contributed by atoms with Crippen molar-refractivity contribution in [2.45, 2.75) is 33.3 Å². The van der Waals surface area contributed by atoms with E-state index in [1.165, 1.54) is 5.56 Å². The number of ether oxygens (including phenoxy) is 2. The van der Waals surface area contributed by atoms with Gasteiger partial charge in [0.15, 0.2) is 6.10 Å². The van der Waals surface area contributed by atoms with Crippen molar-refractivity contribution in [1.82, 2.24) is 0 Å². The highest BCUT2D eigenvalue weighted by Gasteiger charge is 2.18. The van der Waals surface area contributed by atoms with Gasteiger partial charge in [0.05, 0.1) is 7.11 Å². The van der Waals surface area contributed by atoms with E-state index < -0.39 is 6.10 Å². The van der Waals surface area contributed by atoms with Crippen LogP contribution in [0.5, 0.6) is 11.5 Å². The van der Waals surface area contributed by atoms with E-state index in [0.29, 0.717) is 12.2 Å². The molecule has 1 amide bonds. The summed E-state index contributed by atoms with van der Waals surface area (Å²) in [6, 6.07) is 13.1. The van der Waals surface area contributed by atoms with Gasteiger partial charge >= 0.3 is 0 Å². The summed E-state index contributed by atoms with van der Waals surface area (Å²) in [5.74, 6) is 1.25. The molecule has 2 aromatic rings. The maximum absolute atomic E-state index is 12.4. The third-order valence-electron chi connectivity index (χ3n) is 3.78. The van der Waals surface area contributed by atoms with E-state index in [1.54, 1.807) is 19.2 Å². The predicted octanol–water partition coefficient (Wildman–Crippen LogP) is 4.11. The summed E-state index contributed by atoms with van der Waals surface area (Å²) in [6.45, 7) is 5.99. The molecule has 122 valence electrons. The largest absolute Gasteiger partial charge is 0.497 e. The van der Waals surface area contributed by atoms with Crippen molar-refractivity contribution in [3.8, 4) is 11.5 Å². The second-order valence-corrected chi connectivity index (χ2v) is 5.48. The molecule has 1 N–H and O–H groups in total. The van der Waals surface area contributed by atoms with E-state index in [4.69, 9.17) is 9.47 Å². The van der Waals surface area contributed by atoms with Crippen LogP contribution in [0.25, 0.3) is 0 Å². The Kier molecular flexibility index (Phi) is 5.63. The van der Waals surface area contributed by atoms with Gasteiger partial charge in [0.25, 0.3) is 5.91 Å². The first kappa shape index (κ1) is 16.9. The van der Waals surface area contributed by atoms with Crippen LogP contribution in [0.3, 0.4) is 0 Å². The maximum atomic E-state index is 12.4. The monoisotopic (exact) mass is 313 g/mol. The van der Waals surface area contributed by atoms with Gasteiger partial charge in [0.2, 0.25) is 0 Å². The Hall–Kier alpha value is -2.49. The van der Waals surface area contributed by atoms with Crippen LogP contribution in [0, 0.1) is 13.8 Å². The van der Waals surface area contributed by atoms with Crippen LogP contribution in [-0.2, 0) is 4.79 Å². The van der Waals surface area contributed by atoms with Gasteiger partial charge in [0.1, 0.15) is 11.5 Å². The minimum Gasteiger partial charge on any atom is -0.497 e. The second-order valence-electron chi connectivity index (χ2n) is 5.48. The number of rotatable bonds is 6. The van der Waals surface area contributed by atoms with Crippen molar-refractivity contribution in [2.75, 3.05) is 12.4 Å². The summed E-state index contributed by atoms with van der Waals surface area (Å²) in [6.07, 6.45) is 0.0490. The molecule has 0 radical (unpaired) electrons. The number of carbonyl (C=O) groups excluding carboxylic acids is 1. The Balaban J connectivity index is 2.03. The molecule has 0 aliphatic carbocycles. The van der Waals surface area contributed by atoms with Crippen LogP contribution in [-0.4, -0.2) is 19.1 Å². The molecule has 0 saturated heterocycles. The summed E-state index contributed by atoms with van der Waals surface area (Å²) >= 11 is 0. The van der Waals surface area contributed by atoms with Crippen molar-refractivity contribution in [3.63, 3.8) is 0 Å². The van der Waals surface area contributed by atoms with Crippen molar-refractivity contribution in [1.29, 1.82) is 0 Å². The SMILES string of the molecule is CC[C@H](Oc1ccc(OC)cc1)C(=O)Nc1ccc(C)c(C)c1. The van der Waals surface area contributed by atoms with E-state index in [1.807, 2.05) is 51.1 Å². The lowest BCUT2D eigenvalue weighted by atomic mass is 10.1. The molecule has 0 unspecified atom stereocenters. The Morgan fingerprint density at radius 1 is 1.04 bits per heavy atom. The molecule has 4 nitrogen and oxygen atoms in total. The average Bonchev–Trinajstić information content (AvgIpc) is 2.56. The fourth-order valence-electron chi connectivity index (χ4n) is 2.18. The zero-order chi connectivity index (χ0) is 16.8. The zero-order valence-corrected chi connectivity index (χ0v) is 14.1. The topological polar surface area (TPSA) is 47.6 Å². The highest BCUT2D eigenvalue weighted by molar-refractivity contribution is 5.94. The fraction of sp³-hybridized carbons (Fsp3) is 0.316. The van der Waals surface area contributed by atoms with Crippen LogP contribution in [0.4, 0.5) is 5.69 Å². The van der Waals surface area contributed by atoms with E-state index >= 15 is 0 Å². The minimum atomic E-state index is -0.537. The molecule has 0 heterocycles. The van der Waals surface area contributed by atoms with Gasteiger partial charge in [-0.1, -0.05) is 13.0 Å². The minimum absolute atomic E-state index is 0.147. The van der Waals surface area contributed by atoms with Gasteiger partial charge in [-0.3, -0.25) is 4.79 Å². The highest BCUT2D eigenvalue weighted by Crippen LogP contribution is 2.20. The van der Waals surface area contributed by atoms with E-state index in [9.17, 15) is 4.79 Å². The Labute approximate surface area is 137 Å². The average molecular weight is 313 g/mol. The van der Waals surface area contributed by atoms with E-state index in [0.717, 1.165) is 17.0 Å². The van der Waals surface area contributed by atoms with E-state index in [-0.39, 0.29) is 5.91 Å². The molecule has 0 aliphatic rings. The molecule has 1 atom stereocenters. The van der Waals surface area contributed by atoms with Gasteiger partial charge < -0.3 is 14.8 Å². The normalized spacial score (nSPS) is 11.7. The number of methoxy groups -OCH3 is 1. The van der Waals surface area contributed by atoms with Crippen molar-refractivity contribution in [2.24, 2.45) is 0 Å². The molecule has 4 heteroatoms. The molecule has 0 saturated carbocycles. The van der Waals surface area contributed by atoms with Gasteiger partial charge in [-0.25, -0.2) is 0 Å². The lowest BCUT2D eigenvalue weighted by Gasteiger charge is -2.18. The summed E-state index contributed by atoms with van der Waals surface area (Å²) in [5, 5.41) is 2.92. The molecule has 0 spiro atoms. The number of hydrogen-bond acceptors (Lipinski definition) is 3. The molecule has 2 rings (SSSR count). The second kappa shape index (κ2) is 7.68. The third-order valence-corrected chi connectivity index (χ3v) is 3.78. The van der Waals surface area contributed by atoms with E-state index in [2.05, 4.69) is 5.32 Å². The first-order chi connectivity index (χ1) is 11.0. The summed E-state index contributed by atoms with van der Waals surface area (Å²) in [4.78, 5) is 12.4. The lowest BCUT2D eigenvalue weighted by molar-refractivity contribution is -0.122.